The molecule has 1 aliphatic rings. The molecule has 0 aliphatic heterocycles. The highest BCUT2D eigenvalue weighted by Crippen LogP contribution is 2.45. The van der Waals surface area contributed by atoms with E-state index in [1.807, 2.05) is 0 Å². The fraction of sp³-hybridized carbons (Fsp3) is 0.267. The van der Waals surface area contributed by atoms with E-state index in [-0.39, 0.29) is 47.2 Å². The predicted octanol–water partition coefficient (Wildman–Crippen LogP) is 7.79. The molecular weight excluding hydrogens is 533 g/mol. The Bertz CT molecular complexity index is 1480. The fourth-order valence-electron chi connectivity index (χ4n) is 4.63. The minimum absolute atomic E-state index is 0.0421. The van der Waals surface area contributed by atoms with E-state index in [4.69, 9.17) is 9.47 Å². The number of nitrogens with one attached hydrogen (secondary N) is 1. The molecule has 0 aromatic heterocycles. The van der Waals surface area contributed by atoms with Gasteiger partial charge in [0, 0.05) is 24.1 Å². The SMILES string of the molecule is CCOC(=O)c1cc(C2=C(c3cc(C(F)(F)F)ccc3OCc3ccc(F)cc3F)CCC2)ccc1NC(C)=O. The van der Waals surface area contributed by atoms with E-state index in [1.165, 1.54) is 19.1 Å². The van der Waals surface area contributed by atoms with E-state index in [0.29, 0.717) is 42.0 Å². The van der Waals surface area contributed by atoms with Crippen LogP contribution in [0.25, 0.3) is 11.1 Å². The molecule has 0 fully saturated rings. The van der Waals surface area contributed by atoms with Crippen molar-refractivity contribution in [1.29, 1.82) is 0 Å². The highest BCUT2D eigenvalue weighted by Gasteiger charge is 2.32. The van der Waals surface area contributed by atoms with Crippen LogP contribution in [-0.4, -0.2) is 18.5 Å². The van der Waals surface area contributed by atoms with Gasteiger partial charge in [0.15, 0.2) is 0 Å². The summed E-state index contributed by atoms with van der Waals surface area (Å²) in [5.74, 6) is -2.53. The molecule has 0 spiro atoms. The average molecular weight is 560 g/mol. The second-order valence-electron chi connectivity index (χ2n) is 9.21. The molecule has 0 saturated carbocycles. The minimum atomic E-state index is -4.62. The van der Waals surface area contributed by atoms with Gasteiger partial charge in [-0.05, 0) is 85.4 Å². The van der Waals surface area contributed by atoms with Crippen LogP contribution in [0.5, 0.6) is 5.75 Å². The van der Waals surface area contributed by atoms with Gasteiger partial charge in [0.25, 0.3) is 0 Å². The van der Waals surface area contributed by atoms with Crippen LogP contribution in [0.15, 0.2) is 54.6 Å². The molecule has 0 radical (unpaired) electrons. The first-order chi connectivity index (χ1) is 19.0. The van der Waals surface area contributed by atoms with E-state index in [9.17, 15) is 31.5 Å². The Morgan fingerprint density at radius 2 is 1.70 bits per heavy atom. The second kappa shape index (κ2) is 11.9. The Hall–Kier alpha value is -4.21. The third-order valence-electron chi connectivity index (χ3n) is 6.42. The average Bonchev–Trinajstić information content (AvgIpc) is 3.37. The van der Waals surface area contributed by atoms with Crippen molar-refractivity contribution in [3.63, 3.8) is 0 Å². The third-order valence-corrected chi connectivity index (χ3v) is 6.42. The van der Waals surface area contributed by atoms with Gasteiger partial charge in [-0.3, -0.25) is 4.79 Å². The van der Waals surface area contributed by atoms with E-state index in [1.54, 1.807) is 25.1 Å². The van der Waals surface area contributed by atoms with E-state index in [2.05, 4.69) is 5.32 Å². The zero-order valence-corrected chi connectivity index (χ0v) is 21.8. The molecule has 5 nitrogen and oxygen atoms in total. The molecule has 40 heavy (non-hydrogen) atoms. The third kappa shape index (κ3) is 6.50. The molecule has 10 heteroatoms. The van der Waals surface area contributed by atoms with E-state index >= 15 is 0 Å². The van der Waals surface area contributed by atoms with Crippen molar-refractivity contribution in [2.75, 3.05) is 11.9 Å². The lowest BCUT2D eigenvalue weighted by Crippen LogP contribution is -2.13. The quantitative estimate of drug-likeness (QED) is 0.226. The lowest BCUT2D eigenvalue weighted by Gasteiger charge is -2.18. The van der Waals surface area contributed by atoms with Crippen LogP contribution >= 0.6 is 0 Å². The molecule has 0 bridgehead atoms. The van der Waals surface area contributed by atoms with Crippen LogP contribution in [0.3, 0.4) is 0 Å². The van der Waals surface area contributed by atoms with Crippen LogP contribution in [0.4, 0.5) is 27.6 Å². The maximum atomic E-state index is 14.2. The van der Waals surface area contributed by atoms with Crippen molar-refractivity contribution in [3.8, 4) is 5.75 Å². The number of amides is 1. The summed E-state index contributed by atoms with van der Waals surface area (Å²) < 4.78 is 79.5. The summed E-state index contributed by atoms with van der Waals surface area (Å²) in [6.07, 6.45) is -3.04. The molecule has 1 aliphatic carbocycles. The van der Waals surface area contributed by atoms with Gasteiger partial charge in [-0.25, -0.2) is 13.6 Å². The molecule has 3 aromatic rings. The maximum Gasteiger partial charge on any atom is 0.416 e. The summed E-state index contributed by atoms with van der Waals surface area (Å²) in [5.41, 5.74) is 1.58. The predicted molar refractivity (Wildman–Crippen MR) is 140 cm³/mol. The van der Waals surface area contributed by atoms with Gasteiger partial charge in [-0.2, -0.15) is 13.2 Å². The lowest BCUT2D eigenvalue weighted by atomic mass is 9.93. The molecule has 1 N–H and O–H groups in total. The summed E-state index contributed by atoms with van der Waals surface area (Å²) in [6.45, 7) is 2.72. The first-order valence-corrected chi connectivity index (χ1v) is 12.6. The van der Waals surface area contributed by atoms with Crippen LogP contribution in [0.2, 0.25) is 0 Å². The molecule has 4 rings (SSSR count). The Morgan fingerprint density at radius 3 is 2.38 bits per heavy atom. The van der Waals surface area contributed by atoms with E-state index < -0.39 is 29.3 Å². The normalized spacial score (nSPS) is 13.4. The topological polar surface area (TPSA) is 64.6 Å². The number of hydrogen-bond acceptors (Lipinski definition) is 4. The van der Waals surface area contributed by atoms with Gasteiger partial charge in [-0.1, -0.05) is 6.07 Å². The monoisotopic (exact) mass is 559 g/mol. The second-order valence-corrected chi connectivity index (χ2v) is 9.21. The highest BCUT2D eigenvalue weighted by atomic mass is 19.4. The smallest absolute Gasteiger partial charge is 0.416 e. The van der Waals surface area contributed by atoms with Crippen molar-refractivity contribution in [2.45, 2.75) is 45.9 Å². The first-order valence-electron chi connectivity index (χ1n) is 12.6. The minimum Gasteiger partial charge on any atom is -0.488 e. The van der Waals surface area contributed by atoms with Gasteiger partial charge in [0.05, 0.1) is 23.4 Å². The Balaban J connectivity index is 1.80. The molecule has 3 aromatic carbocycles. The van der Waals surface area contributed by atoms with Crippen LogP contribution < -0.4 is 10.1 Å². The van der Waals surface area contributed by atoms with Gasteiger partial charge in [-0.15, -0.1) is 0 Å². The fourth-order valence-corrected chi connectivity index (χ4v) is 4.63. The van der Waals surface area contributed by atoms with Crippen molar-refractivity contribution in [3.05, 3.63) is 94.0 Å². The largest absolute Gasteiger partial charge is 0.488 e. The summed E-state index contributed by atoms with van der Waals surface area (Å²) in [5, 5.41) is 2.59. The number of hydrogen-bond donors (Lipinski definition) is 1. The molecule has 0 saturated heterocycles. The van der Waals surface area contributed by atoms with Gasteiger partial charge in [0.1, 0.15) is 24.0 Å². The first kappa shape index (κ1) is 28.8. The number of rotatable bonds is 8. The number of carbonyl (C=O) groups is 2. The van der Waals surface area contributed by atoms with Crippen molar-refractivity contribution in [1.82, 2.24) is 0 Å². The molecule has 0 unspecified atom stereocenters. The molecular formula is C30H26F5NO4. The number of benzene rings is 3. The van der Waals surface area contributed by atoms with Gasteiger partial charge in [0.2, 0.25) is 5.91 Å². The Morgan fingerprint density at radius 1 is 0.950 bits per heavy atom. The number of ether oxygens (including phenoxy) is 2. The lowest BCUT2D eigenvalue weighted by molar-refractivity contribution is -0.137. The summed E-state index contributed by atoms with van der Waals surface area (Å²) >= 11 is 0. The number of carbonyl (C=O) groups excluding carboxylic acids is 2. The van der Waals surface area contributed by atoms with Gasteiger partial charge >= 0.3 is 12.1 Å². The highest BCUT2D eigenvalue weighted by molar-refractivity contribution is 6.03. The Labute approximate surface area is 227 Å². The summed E-state index contributed by atoms with van der Waals surface area (Å²) in [7, 11) is 0. The molecule has 0 atom stereocenters. The summed E-state index contributed by atoms with van der Waals surface area (Å²) in [4.78, 5) is 24.3. The molecule has 1 amide bonds. The maximum absolute atomic E-state index is 14.2. The zero-order chi connectivity index (χ0) is 29.0. The van der Waals surface area contributed by atoms with Crippen LogP contribution in [0, 0.1) is 11.6 Å². The van der Waals surface area contributed by atoms with Crippen LogP contribution in [0.1, 0.15) is 65.7 Å². The van der Waals surface area contributed by atoms with Crippen LogP contribution in [-0.2, 0) is 22.3 Å². The number of anilines is 1. The number of halogens is 5. The number of alkyl halides is 3. The number of esters is 1. The standard InChI is InChI=1S/C30H26F5NO4/c1-3-39-29(38)25-13-18(8-11-27(25)36-17(2)37)22-5-4-6-23(22)24-14-20(30(33,34)35)9-12-28(24)40-16-19-7-10-21(31)15-26(19)32/h7-15H,3-6,16H2,1-2H3,(H,36,37). The molecule has 210 valence electrons. The van der Waals surface area contributed by atoms with Gasteiger partial charge < -0.3 is 14.8 Å². The Kier molecular flexibility index (Phi) is 8.56. The zero-order valence-electron chi connectivity index (χ0n) is 21.8. The summed E-state index contributed by atoms with van der Waals surface area (Å²) in [6, 6.07) is 10.8. The van der Waals surface area contributed by atoms with Crippen molar-refractivity contribution >= 4 is 28.7 Å². The van der Waals surface area contributed by atoms with Crippen molar-refractivity contribution in [2.24, 2.45) is 0 Å². The molecule has 0 heterocycles. The number of allylic oxidation sites excluding steroid dienone is 2. The van der Waals surface area contributed by atoms with E-state index in [0.717, 1.165) is 18.2 Å². The van der Waals surface area contributed by atoms with Crippen molar-refractivity contribution < 1.29 is 41.0 Å².